The summed E-state index contributed by atoms with van der Waals surface area (Å²) in [6.07, 6.45) is 1.60. The second-order valence-corrected chi connectivity index (χ2v) is 6.30. The summed E-state index contributed by atoms with van der Waals surface area (Å²) in [4.78, 5) is 26.0. The van der Waals surface area contributed by atoms with E-state index >= 15 is 0 Å². The number of halogens is 1. The van der Waals surface area contributed by atoms with Crippen molar-refractivity contribution in [2.75, 3.05) is 12.0 Å². The Morgan fingerprint density at radius 3 is 2.54 bits per heavy atom. The van der Waals surface area contributed by atoms with E-state index in [1.165, 1.54) is 12.1 Å². The topological polar surface area (TPSA) is 49.4 Å². The molecule has 0 aromatic heterocycles. The van der Waals surface area contributed by atoms with E-state index in [2.05, 4.69) is 5.32 Å². The van der Waals surface area contributed by atoms with E-state index in [-0.39, 0.29) is 23.6 Å². The molecule has 122 valence electrons. The highest BCUT2D eigenvalue weighted by atomic mass is 32.2. The van der Waals surface area contributed by atoms with Gasteiger partial charge in [0.2, 0.25) is 0 Å². The zero-order valence-electron chi connectivity index (χ0n) is 13.0. The van der Waals surface area contributed by atoms with Crippen LogP contribution in [0, 0.1) is 12.7 Å². The number of anilines is 1. The molecule has 2 aromatic carbocycles. The molecular formula is C18H15FN2O2S. The van der Waals surface area contributed by atoms with Crippen LogP contribution in [0.25, 0.3) is 6.08 Å². The van der Waals surface area contributed by atoms with Gasteiger partial charge in [-0.15, -0.1) is 0 Å². The van der Waals surface area contributed by atoms with Gasteiger partial charge in [0, 0.05) is 5.69 Å². The molecule has 0 unspecified atom stereocenters. The Balaban J connectivity index is 1.72. The molecule has 1 aliphatic heterocycles. The van der Waals surface area contributed by atoms with Crippen molar-refractivity contribution < 1.29 is 14.0 Å². The van der Waals surface area contributed by atoms with Gasteiger partial charge in [-0.25, -0.2) is 4.39 Å². The van der Waals surface area contributed by atoms with Crippen LogP contribution in [0.1, 0.15) is 11.1 Å². The summed E-state index contributed by atoms with van der Waals surface area (Å²) in [5, 5.41) is 2.78. The Hall–Kier alpha value is -2.60. The first-order valence-electron chi connectivity index (χ1n) is 7.35. The molecule has 0 spiro atoms. The van der Waals surface area contributed by atoms with Crippen LogP contribution in [-0.2, 0) is 4.79 Å². The van der Waals surface area contributed by atoms with Crippen molar-refractivity contribution in [3.05, 3.63) is 70.4 Å². The Bertz CT molecular complexity index is 818. The number of rotatable bonds is 4. The van der Waals surface area contributed by atoms with Crippen LogP contribution in [0.3, 0.4) is 0 Å². The van der Waals surface area contributed by atoms with E-state index < -0.39 is 0 Å². The molecule has 1 saturated heterocycles. The molecule has 1 fully saturated rings. The molecule has 24 heavy (non-hydrogen) atoms. The summed E-state index contributed by atoms with van der Waals surface area (Å²) in [5.41, 5.74) is 2.58. The molecule has 0 aliphatic carbocycles. The quantitative estimate of drug-likeness (QED) is 0.845. The Morgan fingerprint density at radius 2 is 1.83 bits per heavy atom. The number of para-hydroxylation sites is 1. The molecule has 1 heterocycles. The van der Waals surface area contributed by atoms with Crippen molar-refractivity contribution in [2.24, 2.45) is 0 Å². The fraction of sp³-hybridized carbons (Fsp3) is 0.111. The van der Waals surface area contributed by atoms with Gasteiger partial charge in [0.15, 0.2) is 0 Å². The van der Waals surface area contributed by atoms with Gasteiger partial charge in [-0.05, 0) is 54.1 Å². The number of imide groups is 1. The summed E-state index contributed by atoms with van der Waals surface area (Å²) in [6, 6.07) is 13.4. The summed E-state index contributed by atoms with van der Waals surface area (Å²) >= 11 is 0.885. The van der Waals surface area contributed by atoms with Crippen LogP contribution < -0.4 is 5.32 Å². The number of hydrogen-bond donors (Lipinski definition) is 1. The lowest BCUT2D eigenvalue weighted by molar-refractivity contribution is -0.122. The smallest absolute Gasteiger partial charge is 0.295 e. The first kappa shape index (κ1) is 16.3. The highest BCUT2D eigenvalue weighted by molar-refractivity contribution is 8.18. The fourth-order valence-electron chi connectivity index (χ4n) is 2.28. The summed E-state index contributed by atoms with van der Waals surface area (Å²) in [5.74, 6) is -0.696. The van der Waals surface area contributed by atoms with Crippen molar-refractivity contribution in [3.8, 4) is 0 Å². The minimum absolute atomic E-state index is 0.107. The Labute approximate surface area is 143 Å². The van der Waals surface area contributed by atoms with E-state index in [9.17, 15) is 14.0 Å². The van der Waals surface area contributed by atoms with Crippen molar-refractivity contribution in [1.82, 2.24) is 4.90 Å². The first-order chi connectivity index (χ1) is 11.5. The summed E-state index contributed by atoms with van der Waals surface area (Å²) in [6.45, 7) is 2.06. The van der Waals surface area contributed by atoms with Crippen LogP contribution in [0.2, 0.25) is 0 Å². The van der Waals surface area contributed by atoms with Crippen LogP contribution in [0.15, 0.2) is 53.4 Å². The standard InChI is InChI=1S/C18H15FN2O2S/c1-12-4-2-3-5-15(12)20-11-21-17(22)16(24-18(21)23)10-13-6-8-14(19)9-7-13/h2-10,20H,11H2,1H3. The second-order valence-electron chi connectivity index (χ2n) is 5.31. The van der Waals surface area contributed by atoms with Gasteiger partial charge < -0.3 is 5.32 Å². The molecule has 1 aliphatic rings. The lowest BCUT2D eigenvalue weighted by Gasteiger charge is -2.15. The number of carbonyl (C=O) groups excluding carboxylic acids is 2. The molecule has 1 N–H and O–H groups in total. The summed E-state index contributed by atoms with van der Waals surface area (Å²) in [7, 11) is 0. The third-order valence-electron chi connectivity index (χ3n) is 3.61. The minimum Gasteiger partial charge on any atom is -0.367 e. The highest BCUT2D eigenvalue weighted by Crippen LogP contribution is 2.32. The van der Waals surface area contributed by atoms with E-state index in [0.29, 0.717) is 10.5 Å². The lowest BCUT2D eigenvalue weighted by Crippen LogP contribution is -2.33. The zero-order valence-corrected chi connectivity index (χ0v) is 13.8. The van der Waals surface area contributed by atoms with Gasteiger partial charge in [-0.1, -0.05) is 30.3 Å². The third kappa shape index (κ3) is 3.49. The maximum Gasteiger partial charge on any atom is 0.295 e. The Morgan fingerprint density at radius 1 is 1.12 bits per heavy atom. The third-order valence-corrected chi connectivity index (χ3v) is 4.52. The van der Waals surface area contributed by atoms with Crippen molar-refractivity contribution in [2.45, 2.75) is 6.92 Å². The number of thioether (sulfide) groups is 1. The molecule has 6 heteroatoms. The number of nitrogens with one attached hydrogen (secondary N) is 1. The molecule has 3 rings (SSSR count). The zero-order chi connectivity index (χ0) is 17.1. The Kier molecular flexibility index (Phi) is 4.66. The number of amides is 2. The molecule has 0 radical (unpaired) electrons. The van der Waals surface area contributed by atoms with E-state index in [1.807, 2.05) is 31.2 Å². The molecule has 0 atom stereocenters. The van der Waals surface area contributed by atoms with Crippen molar-refractivity contribution >= 4 is 34.7 Å². The first-order valence-corrected chi connectivity index (χ1v) is 8.17. The van der Waals surface area contributed by atoms with Gasteiger partial charge in [0.1, 0.15) is 5.82 Å². The van der Waals surface area contributed by atoms with E-state index in [4.69, 9.17) is 0 Å². The molecule has 2 amide bonds. The van der Waals surface area contributed by atoms with Crippen LogP contribution in [0.4, 0.5) is 14.9 Å². The second kappa shape index (κ2) is 6.88. The number of carbonyl (C=O) groups is 2. The largest absolute Gasteiger partial charge is 0.367 e. The molecule has 0 bridgehead atoms. The molecule has 2 aromatic rings. The molecular weight excluding hydrogens is 327 g/mol. The number of benzene rings is 2. The predicted molar refractivity (Wildman–Crippen MR) is 93.9 cm³/mol. The summed E-state index contributed by atoms with van der Waals surface area (Å²) < 4.78 is 12.9. The fourth-order valence-corrected chi connectivity index (χ4v) is 3.12. The van der Waals surface area contributed by atoms with Gasteiger partial charge in [-0.2, -0.15) is 0 Å². The SMILES string of the molecule is Cc1ccccc1NCN1C(=O)SC(=Cc2ccc(F)cc2)C1=O. The van der Waals surface area contributed by atoms with Crippen LogP contribution in [0.5, 0.6) is 0 Å². The van der Waals surface area contributed by atoms with Crippen LogP contribution >= 0.6 is 11.8 Å². The highest BCUT2D eigenvalue weighted by Gasteiger charge is 2.34. The number of nitrogens with zero attached hydrogens (tertiary/aromatic N) is 1. The minimum atomic E-state index is -0.351. The van der Waals surface area contributed by atoms with Gasteiger partial charge in [0.05, 0.1) is 11.6 Å². The predicted octanol–water partition coefficient (Wildman–Crippen LogP) is 4.24. The van der Waals surface area contributed by atoms with Crippen LogP contribution in [-0.4, -0.2) is 22.7 Å². The van der Waals surface area contributed by atoms with E-state index in [1.54, 1.807) is 18.2 Å². The van der Waals surface area contributed by atoms with Crippen molar-refractivity contribution in [3.63, 3.8) is 0 Å². The monoisotopic (exact) mass is 342 g/mol. The van der Waals surface area contributed by atoms with Gasteiger partial charge in [0.25, 0.3) is 11.1 Å². The maximum atomic E-state index is 12.9. The molecule has 4 nitrogen and oxygen atoms in total. The molecule has 0 saturated carbocycles. The maximum absolute atomic E-state index is 12.9. The average molecular weight is 342 g/mol. The number of aryl methyl sites for hydroxylation is 1. The average Bonchev–Trinajstić information content (AvgIpc) is 2.83. The van der Waals surface area contributed by atoms with Gasteiger partial charge >= 0.3 is 0 Å². The van der Waals surface area contributed by atoms with Crippen molar-refractivity contribution in [1.29, 1.82) is 0 Å². The lowest BCUT2D eigenvalue weighted by atomic mass is 10.2. The normalized spacial score (nSPS) is 16.1. The van der Waals surface area contributed by atoms with Gasteiger partial charge in [-0.3, -0.25) is 14.5 Å². The number of hydrogen-bond acceptors (Lipinski definition) is 4. The van der Waals surface area contributed by atoms with E-state index in [0.717, 1.165) is 27.9 Å².